The van der Waals surface area contributed by atoms with Gasteiger partial charge < -0.3 is 9.72 Å². The SMILES string of the molecule is CC(=O)c1c(C)[nH]c(C(=O)COc2ccc(Cl)c3ccccc23)c1C. The largest absolute Gasteiger partial charge is 0.485 e. The number of hydrogen-bond acceptors (Lipinski definition) is 3. The molecular formula is C20H18ClNO3. The summed E-state index contributed by atoms with van der Waals surface area (Å²) >= 11 is 6.20. The second-order valence-corrected chi connectivity index (χ2v) is 6.39. The Labute approximate surface area is 150 Å². The highest BCUT2D eigenvalue weighted by Crippen LogP contribution is 2.31. The molecule has 5 heteroatoms. The van der Waals surface area contributed by atoms with Gasteiger partial charge in [-0.3, -0.25) is 9.59 Å². The molecule has 0 atom stereocenters. The Morgan fingerprint density at radius 3 is 2.40 bits per heavy atom. The van der Waals surface area contributed by atoms with Crippen LogP contribution in [0.2, 0.25) is 5.02 Å². The predicted octanol–water partition coefficient (Wildman–Crippen LogP) is 4.90. The van der Waals surface area contributed by atoms with Gasteiger partial charge in [-0.25, -0.2) is 0 Å². The van der Waals surface area contributed by atoms with Crippen LogP contribution in [0.4, 0.5) is 0 Å². The molecular weight excluding hydrogens is 338 g/mol. The second kappa shape index (κ2) is 6.73. The van der Waals surface area contributed by atoms with E-state index in [2.05, 4.69) is 4.98 Å². The third-order valence-corrected chi connectivity index (χ3v) is 4.59. The summed E-state index contributed by atoms with van der Waals surface area (Å²) in [4.78, 5) is 27.2. The highest BCUT2D eigenvalue weighted by molar-refractivity contribution is 6.35. The van der Waals surface area contributed by atoms with Crippen LogP contribution in [0.5, 0.6) is 5.75 Å². The first-order valence-electron chi connectivity index (χ1n) is 7.93. The third kappa shape index (κ3) is 3.17. The van der Waals surface area contributed by atoms with E-state index < -0.39 is 0 Å². The fraction of sp³-hybridized carbons (Fsp3) is 0.200. The Hall–Kier alpha value is -2.59. The first kappa shape index (κ1) is 17.2. The van der Waals surface area contributed by atoms with Gasteiger partial charge in [0.25, 0.3) is 0 Å². The van der Waals surface area contributed by atoms with Crippen molar-refractivity contribution in [3.63, 3.8) is 0 Å². The van der Waals surface area contributed by atoms with Gasteiger partial charge in [0.05, 0.1) is 5.69 Å². The molecule has 0 aliphatic carbocycles. The Morgan fingerprint density at radius 1 is 1.08 bits per heavy atom. The number of fused-ring (bicyclic) bond motifs is 1. The quantitative estimate of drug-likeness (QED) is 0.662. The van der Waals surface area contributed by atoms with Crippen LogP contribution in [0.3, 0.4) is 0 Å². The van der Waals surface area contributed by atoms with Crippen molar-refractivity contribution in [1.29, 1.82) is 0 Å². The van der Waals surface area contributed by atoms with Crippen molar-refractivity contribution in [2.75, 3.05) is 6.61 Å². The lowest BCUT2D eigenvalue weighted by atomic mass is 10.1. The number of ether oxygens (including phenoxy) is 1. The molecule has 128 valence electrons. The van der Waals surface area contributed by atoms with Crippen molar-refractivity contribution in [1.82, 2.24) is 4.98 Å². The van der Waals surface area contributed by atoms with Gasteiger partial charge in [-0.15, -0.1) is 0 Å². The zero-order valence-corrected chi connectivity index (χ0v) is 15.0. The monoisotopic (exact) mass is 355 g/mol. The first-order chi connectivity index (χ1) is 11.9. The summed E-state index contributed by atoms with van der Waals surface area (Å²) in [6.45, 7) is 4.93. The van der Waals surface area contributed by atoms with E-state index in [0.29, 0.717) is 33.3 Å². The molecule has 3 rings (SSSR count). The summed E-state index contributed by atoms with van der Waals surface area (Å²) in [6.07, 6.45) is 0. The van der Waals surface area contributed by atoms with Crippen molar-refractivity contribution in [3.8, 4) is 5.75 Å². The molecule has 1 N–H and O–H groups in total. The third-order valence-electron chi connectivity index (χ3n) is 4.26. The van der Waals surface area contributed by atoms with Gasteiger partial charge in [-0.2, -0.15) is 0 Å². The van der Waals surface area contributed by atoms with Crippen molar-refractivity contribution in [2.45, 2.75) is 20.8 Å². The number of rotatable bonds is 5. The Kier molecular flexibility index (Phi) is 4.64. The normalized spacial score (nSPS) is 10.9. The molecule has 0 aliphatic rings. The van der Waals surface area contributed by atoms with E-state index in [-0.39, 0.29) is 18.2 Å². The summed E-state index contributed by atoms with van der Waals surface area (Å²) in [5.74, 6) is 0.336. The van der Waals surface area contributed by atoms with Crippen molar-refractivity contribution >= 4 is 33.9 Å². The van der Waals surface area contributed by atoms with Gasteiger partial charge in [0.2, 0.25) is 5.78 Å². The number of H-pyrrole nitrogens is 1. The number of carbonyl (C=O) groups excluding carboxylic acids is 2. The summed E-state index contributed by atoms with van der Waals surface area (Å²) in [5.41, 5.74) is 2.35. The van der Waals surface area contributed by atoms with Crippen LogP contribution in [-0.2, 0) is 0 Å². The van der Waals surface area contributed by atoms with Crippen LogP contribution < -0.4 is 4.74 Å². The lowest BCUT2D eigenvalue weighted by Gasteiger charge is -2.10. The second-order valence-electron chi connectivity index (χ2n) is 5.98. The van der Waals surface area contributed by atoms with Gasteiger partial charge >= 0.3 is 0 Å². The molecule has 3 aromatic rings. The van der Waals surface area contributed by atoms with Gasteiger partial charge in [0, 0.05) is 27.1 Å². The maximum absolute atomic E-state index is 12.5. The van der Waals surface area contributed by atoms with Gasteiger partial charge in [0.15, 0.2) is 12.4 Å². The van der Waals surface area contributed by atoms with Crippen LogP contribution in [0.1, 0.15) is 39.0 Å². The lowest BCUT2D eigenvalue weighted by Crippen LogP contribution is -2.13. The van der Waals surface area contributed by atoms with Gasteiger partial charge in [-0.05, 0) is 38.5 Å². The van der Waals surface area contributed by atoms with E-state index in [1.165, 1.54) is 6.92 Å². The fourth-order valence-electron chi connectivity index (χ4n) is 3.13. The van der Waals surface area contributed by atoms with Crippen LogP contribution in [0.25, 0.3) is 10.8 Å². The van der Waals surface area contributed by atoms with Crippen LogP contribution in [0.15, 0.2) is 36.4 Å². The lowest BCUT2D eigenvalue weighted by molar-refractivity contribution is 0.0917. The molecule has 2 aromatic carbocycles. The van der Waals surface area contributed by atoms with Crippen molar-refractivity contribution < 1.29 is 14.3 Å². The van der Waals surface area contributed by atoms with E-state index in [4.69, 9.17) is 16.3 Å². The molecule has 25 heavy (non-hydrogen) atoms. The summed E-state index contributed by atoms with van der Waals surface area (Å²) in [7, 11) is 0. The number of ketones is 2. The van der Waals surface area contributed by atoms with Gasteiger partial charge in [-0.1, -0.05) is 35.9 Å². The minimum atomic E-state index is -0.202. The number of aromatic amines is 1. The number of halogens is 1. The smallest absolute Gasteiger partial charge is 0.216 e. The Bertz CT molecular complexity index is 988. The number of Topliss-reactive ketones (excluding diaryl/α,β-unsaturated/α-hetero) is 2. The van der Waals surface area contributed by atoms with Crippen LogP contribution in [0, 0.1) is 13.8 Å². The number of nitrogens with one attached hydrogen (secondary N) is 1. The zero-order valence-electron chi connectivity index (χ0n) is 14.3. The average molecular weight is 356 g/mol. The maximum atomic E-state index is 12.5. The summed E-state index contributed by atoms with van der Waals surface area (Å²) in [5, 5.41) is 2.36. The van der Waals surface area contributed by atoms with Gasteiger partial charge in [0.1, 0.15) is 5.75 Å². The first-order valence-corrected chi connectivity index (χ1v) is 8.31. The molecule has 0 fully saturated rings. The average Bonchev–Trinajstić information content (AvgIpc) is 2.89. The van der Waals surface area contributed by atoms with Crippen molar-refractivity contribution in [3.05, 3.63) is 63.9 Å². The fourth-order valence-corrected chi connectivity index (χ4v) is 3.36. The summed E-state index contributed by atoms with van der Waals surface area (Å²) in [6, 6.07) is 11.1. The van der Waals surface area contributed by atoms with Crippen molar-refractivity contribution in [2.24, 2.45) is 0 Å². The molecule has 0 radical (unpaired) electrons. The zero-order chi connectivity index (χ0) is 18.1. The van der Waals surface area contributed by atoms with E-state index in [1.54, 1.807) is 26.0 Å². The van der Waals surface area contributed by atoms with E-state index in [9.17, 15) is 9.59 Å². The van der Waals surface area contributed by atoms with E-state index >= 15 is 0 Å². The minimum Gasteiger partial charge on any atom is -0.485 e. The Balaban J connectivity index is 1.86. The van der Waals surface area contributed by atoms with Crippen LogP contribution >= 0.6 is 11.6 Å². The molecule has 0 bridgehead atoms. The molecule has 0 amide bonds. The number of carbonyl (C=O) groups is 2. The highest BCUT2D eigenvalue weighted by atomic mass is 35.5. The molecule has 1 aromatic heterocycles. The number of aromatic nitrogens is 1. The molecule has 4 nitrogen and oxygen atoms in total. The molecule has 0 aliphatic heterocycles. The molecule has 0 unspecified atom stereocenters. The number of benzene rings is 2. The summed E-state index contributed by atoms with van der Waals surface area (Å²) < 4.78 is 5.74. The van der Waals surface area contributed by atoms with E-state index in [1.807, 2.05) is 24.3 Å². The molecule has 0 saturated carbocycles. The topological polar surface area (TPSA) is 59.2 Å². The highest BCUT2D eigenvalue weighted by Gasteiger charge is 2.20. The number of hydrogen-bond donors (Lipinski definition) is 1. The predicted molar refractivity (Wildman–Crippen MR) is 99.1 cm³/mol. The van der Waals surface area contributed by atoms with E-state index in [0.717, 1.165) is 10.8 Å². The molecule has 0 saturated heterocycles. The minimum absolute atomic E-state index is 0.0603. The number of aryl methyl sites for hydroxylation is 1. The maximum Gasteiger partial charge on any atom is 0.216 e. The standard InChI is InChI=1S/C20H18ClNO3/c1-11-19(13(3)23)12(2)22-20(11)17(24)10-25-18-9-8-16(21)14-6-4-5-7-15(14)18/h4-9,22H,10H2,1-3H3. The molecule has 0 spiro atoms. The molecule has 1 heterocycles. The van der Waals surface area contributed by atoms with Crippen LogP contribution in [-0.4, -0.2) is 23.2 Å². The Morgan fingerprint density at radius 2 is 1.76 bits per heavy atom.